The Morgan fingerprint density at radius 3 is 1.16 bits per heavy atom. The van der Waals surface area contributed by atoms with Gasteiger partial charge in [-0.15, -0.1) is 0 Å². The molecule has 9 atom stereocenters. The molecule has 2 aromatic rings. The first kappa shape index (κ1) is 116. The molecular formula is C114H136N2O23P2. The summed E-state index contributed by atoms with van der Waals surface area (Å²) in [5, 5.41) is 40.4. The molecule has 0 spiro atoms. The van der Waals surface area contributed by atoms with E-state index in [9.17, 15) is 62.8 Å². The number of rotatable bonds is 42. The van der Waals surface area contributed by atoms with Crippen LogP contribution in [0.1, 0.15) is 212 Å². The number of phosphoric ester groups is 2. The number of nitriles is 1. The number of esters is 4. The average Bonchev–Trinajstić information content (AvgIpc) is 1.16. The van der Waals surface area contributed by atoms with E-state index in [0.29, 0.717) is 40.7 Å². The number of carbonyl (C=O) groups is 8. The molecule has 8 rings (SSSR count). The number of hydrogen-bond acceptors (Lipinski definition) is 24. The van der Waals surface area contributed by atoms with E-state index in [1.807, 2.05) is 221 Å². The van der Waals surface area contributed by atoms with Gasteiger partial charge in [0.25, 0.3) is 0 Å². The molecule has 4 aliphatic carbocycles. The van der Waals surface area contributed by atoms with Crippen molar-refractivity contribution < 1.29 is 109 Å². The Bertz CT molecular complexity index is 5920. The van der Waals surface area contributed by atoms with Crippen LogP contribution in [0.2, 0.25) is 0 Å². The lowest BCUT2D eigenvalue weighted by molar-refractivity contribution is -0.146. The van der Waals surface area contributed by atoms with Gasteiger partial charge in [-0.1, -0.05) is 307 Å². The second-order valence-electron chi connectivity index (χ2n) is 38.1. The average molecular weight is 1960 g/mol. The van der Waals surface area contributed by atoms with E-state index in [-0.39, 0.29) is 103 Å². The normalized spacial score (nSPS) is 22.8. The van der Waals surface area contributed by atoms with E-state index in [1.165, 1.54) is 19.1 Å². The molecule has 6 aliphatic rings. The lowest BCUT2D eigenvalue weighted by atomic mass is 9.71. The zero-order valence-electron chi connectivity index (χ0n) is 85.1. The van der Waals surface area contributed by atoms with Gasteiger partial charge in [0.15, 0.2) is 35.0 Å². The van der Waals surface area contributed by atoms with Gasteiger partial charge in [0, 0.05) is 12.0 Å². The van der Waals surface area contributed by atoms with Crippen molar-refractivity contribution in [2.24, 2.45) is 21.7 Å². The van der Waals surface area contributed by atoms with Crippen LogP contribution < -0.4 is 0 Å². The van der Waals surface area contributed by atoms with Crippen molar-refractivity contribution in [3.63, 3.8) is 0 Å². The highest BCUT2D eigenvalue weighted by Gasteiger charge is 2.48. The van der Waals surface area contributed by atoms with Crippen molar-refractivity contribution in [3.8, 4) is 6.07 Å². The van der Waals surface area contributed by atoms with Crippen molar-refractivity contribution in [3.05, 3.63) is 365 Å². The van der Waals surface area contributed by atoms with Gasteiger partial charge < -0.3 is 39.1 Å². The molecule has 0 aromatic heterocycles. The molecule has 0 amide bonds. The second kappa shape index (κ2) is 53.6. The number of Topliss-reactive ketones (excluding diaryl/α,β-unsaturated/α-hetero) is 4. The summed E-state index contributed by atoms with van der Waals surface area (Å²) in [6.07, 6.45) is 48.0. The molecule has 0 saturated carbocycles. The topological polar surface area (TPSA) is 352 Å². The number of ketones is 4. The van der Waals surface area contributed by atoms with E-state index in [2.05, 4.69) is 70.7 Å². The van der Waals surface area contributed by atoms with Crippen LogP contribution >= 0.6 is 15.6 Å². The molecule has 141 heavy (non-hydrogen) atoms. The summed E-state index contributed by atoms with van der Waals surface area (Å²) in [5.41, 5.74) is 12.6. The van der Waals surface area contributed by atoms with Crippen LogP contribution in [0.3, 0.4) is 0 Å². The number of nitrogens with zero attached hydrogens (tertiary/aromatic N) is 2. The van der Waals surface area contributed by atoms with Gasteiger partial charge in [-0.2, -0.15) is 5.26 Å². The monoisotopic (exact) mass is 1960 g/mol. The van der Waals surface area contributed by atoms with Crippen LogP contribution in [0.4, 0.5) is 0 Å². The Morgan fingerprint density at radius 2 is 0.787 bits per heavy atom. The molecule has 0 saturated heterocycles. The van der Waals surface area contributed by atoms with Crippen LogP contribution in [0, 0.1) is 39.6 Å². The lowest BCUT2D eigenvalue weighted by Crippen LogP contribution is -2.38. The molecule has 750 valence electrons. The summed E-state index contributed by atoms with van der Waals surface area (Å²) in [6, 6.07) is 18.0. The predicted molar refractivity (Wildman–Crippen MR) is 548 cm³/mol. The summed E-state index contributed by atoms with van der Waals surface area (Å²) >= 11 is 0. The van der Waals surface area contributed by atoms with Crippen LogP contribution in [-0.4, -0.2) is 138 Å². The largest absolute Gasteiger partial charge is 0.475 e. The first-order valence-corrected chi connectivity index (χ1v) is 49.8. The molecule has 3 N–H and O–H groups in total. The Balaban J connectivity index is 0.000000511. The van der Waals surface area contributed by atoms with Crippen molar-refractivity contribution in [2.75, 3.05) is 33.0 Å². The highest BCUT2D eigenvalue weighted by molar-refractivity contribution is 7.48. The fraction of sp³-hybridized carbons (Fsp3) is 0.386. The third-order valence-electron chi connectivity index (χ3n) is 24.3. The zero-order valence-corrected chi connectivity index (χ0v) is 86.8. The quantitative estimate of drug-likeness (QED) is 0.0139. The standard InChI is InChI=1S/C74H84N2O19P2.C40H52O4/c1-48(27-22-29-50(3)35-37-58-52(5)64(78)62(45-73(58,9)10)94-96(84,86-42-24-40-75)87-43-39-61-54(7)67(72(83)90-61)92-71(82)57-33-18-15-19-34-57)25-20-21-26-49(2)28-23-30-51(4)36-38-59-53(6)65(79)63(46-74(59,11)12)95-97(85,88-44-41-76-13)89-47-60(77)68-66(55(8)69(80)93-68)91-70(81)56-31-16-14-17-32-56;1-27(17-13-19-29(3)21-23-33-31(5)37(43)35(41)25-39(33,7)8)15-11-12-16-28(2)18-14-20-30(4)22-24-34-32(6)38(44)36(42)26-40(34,9)10/h14-23,25-38,60-63,68,77H,24,39,41-47H2,1-12H3;11-24,35-36,41-42H,25-26H2,1-10H3/b21-20+,27-22+,28-23+,37-35+,38-36+,48-25+,49-26+,50-29+,51-30+;12-11+,17-13+,18-14+,23-21+,24-22+,27-15+,28-16+,29-19+,30-20+/t60-,61+,62?,63?,68+,96?,97?;/m0./s1. The van der Waals surface area contributed by atoms with Crippen LogP contribution in [-0.2, 0) is 84.0 Å². The number of hydrogen-bond donors (Lipinski definition) is 3. The maximum Gasteiger partial charge on any atom is 0.475 e. The fourth-order valence-corrected chi connectivity index (χ4v) is 18.8. The minimum Gasteiger partial charge on any atom is -0.452 e. The van der Waals surface area contributed by atoms with E-state index in [4.69, 9.17) is 57.9 Å². The van der Waals surface area contributed by atoms with Crippen molar-refractivity contribution >= 4 is 62.7 Å². The Kier molecular flexibility index (Phi) is 44.0. The number of benzene rings is 2. The van der Waals surface area contributed by atoms with Crippen LogP contribution in [0.25, 0.3) is 4.85 Å². The first-order chi connectivity index (χ1) is 66.4. The summed E-state index contributed by atoms with van der Waals surface area (Å²) in [4.78, 5) is 106. The van der Waals surface area contributed by atoms with Crippen molar-refractivity contribution in [1.29, 1.82) is 5.26 Å². The van der Waals surface area contributed by atoms with E-state index in [1.54, 1.807) is 83.1 Å². The van der Waals surface area contributed by atoms with E-state index >= 15 is 0 Å². The molecule has 0 fully saturated rings. The van der Waals surface area contributed by atoms with Crippen molar-refractivity contribution in [1.82, 2.24) is 0 Å². The number of cyclic esters (lactones) is 2. The van der Waals surface area contributed by atoms with Gasteiger partial charge in [-0.3, -0.25) is 46.3 Å². The van der Waals surface area contributed by atoms with E-state index in [0.717, 1.165) is 66.9 Å². The molecule has 2 aromatic carbocycles. The molecule has 2 heterocycles. The summed E-state index contributed by atoms with van der Waals surface area (Å²) < 4.78 is 83.7. The van der Waals surface area contributed by atoms with E-state index < -0.39 is 111 Å². The maximum atomic E-state index is 14.2. The highest BCUT2D eigenvalue weighted by Crippen LogP contribution is 2.56. The third kappa shape index (κ3) is 34.9. The predicted octanol–water partition coefficient (Wildman–Crippen LogP) is 23.8. The van der Waals surface area contributed by atoms with Gasteiger partial charge in [0.1, 0.15) is 43.2 Å². The molecule has 27 heteroatoms. The number of ether oxygens (including phenoxy) is 4. The highest BCUT2D eigenvalue weighted by atomic mass is 31.2. The molecule has 0 radical (unpaired) electrons. The summed E-state index contributed by atoms with van der Waals surface area (Å²) in [7, 11) is -9.14. The van der Waals surface area contributed by atoms with Gasteiger partial charge in [0.2, 0.25) is 12.3 Å². The van der Waals surface area contributed by atoms with Gasteiger partial charge in [-0.25, -0.2) is 34.9 Å². The zero-order chi connectivity index (χ0) is 104. The van der Waals surface area contributed by atoms with Gasteiger partial charge >= 0.3 is 39.5 Å². The fourth-order valence-electron chi connectivity index (χ4n) is 16.2. The van der Waals surface area contributed by atoms with Crippen LogP contribution in [0.5, 0.6) is 0 Å². The van der Waals surface area contributed by atoms with Crippen LogP contribution in [0.15, 0.2) is 343 Å². The lowest BCUT2D eigenvalue weighted by Gasteiger charge is -2.37. The smallest absolute Gasteiger partial charge is 0.452 e. The molecule has 25 nitrogen and oxygen atoms in total. The minimum absolute atomic E-state index is 0.00958. The minimum atomic E-state index is -4.68. The SMILES string of the molecule is CC1=C(/C=C/C(C)=C/C=C/C(C)=C/C=C/C=C(C)/C=C/C=C(C)/C=C/C2=C(C)C(=O)C(O)CC2(C)C)C(C)(C)CC(O)C1=O.[C-]#[N+]CCOP(=O)(OC[C@H](O)[C@H]1OC(=O)C(C)=C1OC(=O)c1ccccc1)OC1CC(C)(C)C(/C=C/C(C)=C/C=C/C(C)=C/C=C/C=C(C)/C=C/C=C(C)/C=C/C2=C(C)C(=O)C(OP(=O)(OCCC#N)OCC[C@H]3OC(=O)C(OC(=O)c4ccccc4)=C3C)CC2(C)C)=C(C)C1=O. The molecule has 0 bridgehead atoms. The number of carbonyl (C=O) groups excluding carboxylic acids is 8. The third-order valence-corrected chi connectivity index (χ3v) is 27.2. The van der Waals surface area contributed by atoms with Crippen molar-refractivity contribution in [2.45, 2.75) is 234 Å². The second-order valence-corrected chi connectivity index (χ2v) is 41.3. The Morgan fingerprint density at radius 1 is 0.454 bits per heavy atom. The maximum absolute atomic E-state index is 14.2. The Hall–Kier alpha value is -12.2. The molecule has 2 aliphatic heterocycles. The van der Waals surface area contributed by atoms with Gasteiger partial charge in [0.05, 0.1) is 49.0 Å². The first-order valence-electron chi connectivity index (χ1n) is 46.8. The summed E-state index contributed by atoms with van der Waals surface area (Å²) in [5.74, 6) is -4.93. The number of phosphoric acid groups is 2. The number of aliphatic hydroxyl groups is 3. The van der Waals surface area contributed by atoms with Gasteiger partial charge in [-0.05, 0) is 213 Å². The summed E-state index contributed by atoms with van der Waals surface area (Å²) in [6.45, 7) is 47.0. The number of allylic oxidation sites excluding steroid dienone is 40. The number of aliphatic hydroxyl groups excluding tert-OH is 3. The Labute approximate surface area is 831 Å². The molecule has 6 unspecified atom stereocenters. The molecular weight excluding hydrogens is 1830 g/mol.